The fourth-order valence-electron chi connectivity index (χ4n) is 2.37. The number of aliphatic carboxylic acids is 1. The maximum Gasteiger partial charge on any atom is 0.323 e. The molecular formula is C18H20FN3O5. The summed E-state index contributed by atoms with van der Waals surface area (Å²) in [6.45, 7) is 1.18. The summed E-state index contributed by atoms with van der Waals surface area (Å²) in [7, 11) is 0. The Balaban J connectivity index is 2.43. The number of pyridine rings is 1. The average molecular weight is 377 g/mol. The second kappa shape index (κ2) is 8.95. The first-order valence-corrected chi connectivity index (χ1v) is 8.20. The van der Waals surface area contributed by atoms with Crippen molar-refractivity contribution in [2.75, 3.05) is 18.5 Å². The molecule has 2 aromatic rings. The van der Waals surface area contributed by atoms with Crippen LogP contribution in [-0.2, 0) is 11.3 Å². The van der Waals surface area contributed by atoms with Crippen molar-refractivity contribution in [2.45, 2.75) is 19.9 Å². The zero-order valence-electron chi connectivity index (χ0n) is 14.7. The van der Waals surface area contributed by atoms with Crippen LogP contribution in [0.25, 0.3) is 0 Å². The first kappa shape index (κ1) is 20.1. The summed E-state index contributed by atoms with van der Waals surface area (Å²) in [6.07, 6.45) is 1.44. The first-order chi connectivity index (χ1) is 12.8. The lowest BCUT2D eigenvalue weighted by Crippen LogP contribution is -2.30. The Labute approximate surface area is 154 Å². The lowest BCUT2D eigenvalue weighted by atomic mass is 10.1. The van der Waals surface area contributed by atoms with Gasteiger partial charge in [-0.25, -0.2) is 4.39 Å². The van der Waals surface area contributed by atoms with Crippen molar-refractivity contribution in [3.05, 3.63) is 57.8 Å². The Bertz CT molecular complexity index is 910. The van der Waals surface area contributed by atoms with E-state index in [1.54, 1.807) is 13.0 Å². The summed E-state index contributed by atoms with van der Waals surface area (Å²) >= 11 is 0. The van der Waals surface area contributed by atoms with Crippen LogP contribution in [0, 0.1) is 12.7 Å². The first-order valence-electron chi connectivity index (χ1n) is 8.20. The van der Waals surface area contributed by atoms with Crippen LogP contribution >= 0.6 is 0 Å². The van der Waals surface area contributed by atoms with E-state index in [0.29, 0.717) is 12.0 Å². The third-order valence-electron chi connectivity index (χ3n) is 3.69. The van der Waals surface area contributed by atoms with Crippen molar-refractivity contribution in [3.8, 4) is 0 Å². The van der Waals surface area contributed by atoms with Crippen LogP contribution in [0.4, 0.5) is 15.8 Å². The Kier molecular flexibility index (Phi) is 6.67. The normalized spacial score (nSPS) is 10.5. The zero-order chi connectivity index (χ0) is 20.0. The van der Waals surface area contributed by atoms with Crippen LogP contribution in [0.5, 0.6) is 0 Å². The highest BCUT2D eigenvalue weighted by Gasteiger charge is 2.16. The van der Waals surface area contributed by atoms with Gasteiger partial charge in [-0.1, -0.05) is 6.07 Å². The zero-order valence-corrected chi connectivity index (χ0v) is 14.7. The molecule has 1 heterocycles. The lowest BCUT2D eigenvalue weighted by Gasteiger charge is -2.15. The van der Waals surface area contributed by atoms with E-state index in [1.165, 1.54) is 12.1 Å². The summed E-state index contributed by atoms with van der Waals surface area (Å²) in [5.74, 6) is -2.39. The topological polar surface area (TPSA) is 121 Å². The second-order valence-electron chi connectivity index (χ2n) is 5.90. The summed E-state index contributed by atoms with van der Waals surface area (Å²) in [6, 6.07) is 5.48. The number of aliphatic hydroxyl groups is 1. The fraction of sp³-hybridized carbons (Fsp3) is 0.278. The number of carbonyl (C=O) groups is 2. The van der Waals surface area contributed by atoms with Gasteiger partial charge in [0.1, 0.15) is 12.4 Å². The minimum atomic E-state index is -1.24. The molecule has 0 saturated heterocycles. The number of hydrogen-bond acceptors (Lipinski definition) is 5. The largest absolute Gasteiger partial charge is 0.480 e. The van der Waals surface area contributed by atoms with E-state index < -0.39 is 29.8 Å². The number of nitrogens with one attached hydrogen (secondary N) is 2. The van der Waals surface area contributed by atoms with Gasteiger partial charge in [-0.3, -0.25) is 14.4 Å². The molecule has 9 heteroatoms. The van der Waals surface area contributed by atoms with Gasteiger partial charge < -0.3 is 25.4 Å². The van der Waals surface area contributed by atoms with Crippen molar-refractivity contribution in [1.29, 1.82) is 0 Å². The van der Waals surface area contributed by atoms with Crippen molar-refractivity contribution in [3.63, 3.8) is 0 Å². The number of aliphatic hydroxyl groups excluding tert-OH is 1. The van der Waals surface area contributed by atoms with E-state index in [0.717, 1.165) is 16.8 Å². The van der Waals surface area contributed by atoms with Crippen LogP contribution in [0.15, 0.2) is 35.3 Å². The highest BCUT2D eigenvalue weighted by Crippen LogP contribution is 2.23. The smallest absolute Gasteiger partial charge is 0.323 e. The number of amides is 1. The van der Waals surface area contributed by atoms with E-state index in [4.69, 9.17) is 10.2 Å². The lowest BCUT2D eigenvalue weighted by molar-refractivity contribution is -0.137. The Morgan fingerprint density at radius 3 is 2.59 bits per heavy atom. The molecule has 0 bridgehead atoms. The highest BCUT2D eigenvalue weighted by molar-refractivity contribution is 6.00. The number of carboxylic acid groups (broad SMARTS) is 1. The standard InChI is InChI=1S/C18H20FN3O5/c1-11-3-4-14(13(19)7-11)21-15-8-16(24)22(10-17(25)26)9-12(15)18(27)20-5-2-6-23/h3-4,7-9,21,23H,2,5-6,10H2,1H3,(H,20,27)(H,25,26). The minimum Gasteiger partial charge on any atom is -0.480 e. The van der Waals surface area contributed by atoms with Crippen LogP contribution in [-0.4, -0.2) is 39.8 Å². The molecule has 27 heavy (non-hydrogen) atoms. The van der Waals surface area contributed by atoms with E-state index in [1.807, 2.05) is 0 Å². The molecule has 8 nitrogen and oxygen atoms in total. The molecule has 1 aromatic heterocycles. The van der Waals surface area contributed by atoms with Crippen LogP contribution < -0.4 is 16.2 Å². The molecule has 4 N–H and O–H groups in total. The number of nitrogens with zero attached hydrogens (tertiary/aromatic N) is 1. The predicted molar refractivity (Wildman–Crippen MR) is 96.8 cm³/mol. The van der Waals surface area contributed by atoms with Gasteiger partial charge in [0.2, 0.25) is 0 Å². The van der Waals surface area contributed by atoms with Crippen molar-refractivity contribution in [1.82, 2.24) is 9.88 Å². The number of halogens is 1. The van der Waals surface area contributed by atoms with Crippen molar-refractivity contribution in [2.24, 2.45) is 0 Å². The maximum absolute atomic E-state index is 14.1. The third kappa shape index (κ3) is 5.38. The molecule has 144 valence electrons. The number of carbonyl (C=O) groups excluding carboxylic acids is 1. The van der Waals surface area contributed by atoms with Gasteiger partial charge >= 0.3 is 5.97 Å². The van der Waals surface area contributed by atoms with E-state index >= 15 is 0 Å². The SMILES string of the molecule is Cc1ccc(Nc2cc(=O)n(CC(=O)O)cc2C(=O)NCCCO)c(F)c1. The van der Waals surface area contributed by atoms with Gasteiger partial charge in [0.05, 0.1) is 16.9 Å². The molecule has 0 unspecified atom stereocenters. The molecule has 0 aliphatic heterocycles. The number of benzene rings is 1. The molecule has 1 amide bonds. The summed E-state index contributed by atoms with van der Waals surface area (Å²) in [5, 5.41) is 23.0. The molecule has 0 radical (unpaired) electrons. The molecule has 0 aliphatic rings. The molecule has 1 aromatic carbocycles. The molecule has 0 saturated carbocycles. The van der Waals surface area contributed by atoms with Crippen LogP contribution in [0.1, 0.15) is 22.3 Å². The van der Waals surface area contributed by atoms with E-state index in [-0.39, 0.29) is 30.1 Å². The molecule has 0 aliphatic carbocycles. The number of carboxylic acids is 1. The summed E-state index contributed by atoms with van der Waals surface area (Å²) in [5.41, 5.74) is 0.149. The van der Waals surface area contributed by atoms with Crippen LogP contribution in [0.2, 0.25) is 0 Å². The quantitative estimate of drug-likeness (QED) is 0.514. The fourth-order valence-corrected chi connectivity index (χ4v) is 2.37. The van der Waals surface area contributed by atoms with E-state index in [2.05, 4.69) is 10.6 Å². The van der Waals surface area contributed by atoms with Crippen LogP contribution in [0.3, 0.4) is 0 Å². The monoisotopic (exact) mass is 377 g/mol. The summed E-state index contributed by atoms with van der Waals surface area (Å²) < 4.78 is 15.0. The van der Waals surface area contributed by atoms with Gasteiger partial charge in [0.25, 0.3) is 11.5 Å². The minimum absolute atomic E-state index is 0.0197. The molecular weight excluding hydrogens is 357 g/mol. The maximum atomic E-state index is 14.1. The number of aromatic nitrogens is 1. The number of aryl methyl sites for hydroxylation is 1. The van der Waals surface area contributed by atoms with Crippen molar-refractivity contribution >= 4 is 23.3 Å². The second-order valence-corrected chi connectivity index (χ2v) is 5.90. The Morgan fingerprint density at radius 1 is 1.22 bits per heavy atom. The summed E-state index contributed by atoms with van der Waals surface area (Å²) in [4.78, 5) is 35.5. The van der Waals surface area contributed by atoms with Gasteiger partial charge in [-0.05, 0) is 31.0 Å². The molecule has 0 spiro atoms. The van der Waals surface area contributed by atoms with Gasteiger partial charge in [-0.15, -0.1) is 0 Å². The average Bonchev–Trinajstić information content (AvgIpc) is 2.59. The molecule has 2 rings (SSSR count). The van der Waals surface area contributed by atoms with E-state index in [9.17, 15) is 18.8 Å². The van der Waals surface area contributed by atoms with Crippen molar-refractivity contribution < 1.29 is 24.2 Å². The highest BCUT2D eigenvalue weighted by atomic mass is 19.1. The molecule has 0 fully saturated rings. The third-order valence-corrected chi connectivity index (χ3v) is 3.69. The van der Waals surface area contributed by atoms with Gasteiger partial charge in [-0.2, -0.15) is 0 Å². The van der Waals surface area contributed by atoms with Gasteiger partial charge in [0.15, 0.2) is 0 Å². The molecule has 0 atom stereocenters. The number of rotatable bonds is 8. The Morgan fingerprint density at radius 2 is 1.96 bits per heavy atom. The predicted octanol–water partition coefficient (Wildman–Crippen LogP) is 1.24. The number of anilines is 2. The Hall–Kier alpha value is -3.20. The van der Waals surface area contributed by atoms with Gasteiger partial charge in [0, 0.05) is 25.4 Å². The number of hydrogen-bond donors (Lipinski definition) is 4.